The van der Waals surface area contributed by atoms with E-state index in [1.807, 2.05) is 65.1 Å². The molecular weight excluding hydrogens is 532 g/mol. The average Bonchev–Trinajstić information content (AvgIpc) is 2.92. The number of nitrogens with zero attached hydrogens (tertiary/aromatic N) is 6. The van der Waals surface area contributed by atoms with Crippen LogP contribution in [0.5, 0.6) is 5.88 Å². The summed E-state index contributed by atoms with van der Waals surface area (Å²) in [4.78, 5) is 53.0. The molecule has 0 atom stereocenters. The highest BCUT2D eigenvalue weighted by Gasteiger charge is 2.28. The Balaban J connectivity index is 2.14. The van der Waals surface area contributed by atoms with Gasteiger partial charge < -0.3 is 19.8 Å². The Morgan fingerprint density at radius 1 is 0.738 bits per heavy atom. The Bertz CT molecular complexity index is 1740. The van der Waals surface area contributed by atoms with E-state index in [1.54, 1.807) is 6.07 Å². The van der Waals surface area contributed by atoms with E-state index in [1.165, 1.54) is 9.13 Å². The van der Waals surface area contributed by atoms with Crippen LogP contribution in [0.3, 0.4) is 0 Å². The van der Waals surface area contributed by atoms with Crippen LogP contribution in [0, 0.1) is 0 Å². The van der Waals surface area contributed by atoms with E-state index < -0.39 is 0 Å². The van der Waals surface area contributed by atoms with E-state index >= 15 is 0 Å². The number of rotatable bonds is 14. The van der Waals surface area contributed by atoms with E-state index in [0.717, 1.165) is 38.0 Å². The molecule has 10 heteroatoms. The Hall–Kier alpha value is -3.34. The second kappa shape index (κ2) is 13.3. The zero-order chi connectivity index (χ0) is 30.7. The van der Waals surface area contributed by atoms with Gasteiger partial charge in [0.2, 0.25) is 5.88 Å². The highest BCUT2D eigenvalue weighted by atomic mass is 16.3. The Morgan fingerprint density at radius 3 is 1.90 bits per heavy atom. The molecule has 42 heavy (non-hydrogen) atoms. The molecule has 2 aromatic rings. The molecule has 0 unspecified atom stereocenters. The first-order valence-electron chi connectivity index (χ1n) is 15.0. The summed E-state index contributed by atoms with van der Waals surface area (Å²) in [5.74, 6) is -0.126. The molecule has 0 fully saturated rings. The smallest absolute Gasteiger partial charge is 0.263 e. The van der Waals surface area contributed by atoms with Crippen molar-refractivity contribution in [2.24, 2.45) is 4.99 Å². The fourth-order valence-electron chi connectivity index (χ4n) is 5.87. The number of hydrogen-bond acceptors (Lipinski definition) is 8. The van der Waals surface area contributed by atoms with Crippen LogP contribution in [0.25, 0.3) is 32.7 Å². The van der Waals surface area contributed by atoms with Crippen LogP contribution < -0.4 is 22.0 Å². The largest absolute Gasteiger partial charge is 0.494 e. The maximum absolute atomic E-state index is 14.1. The molecule has 0 radical (unpaired) electrons. The van der Waals surface area contributed by atoms with Gasteiger partial charge in [0, 0.05) is 36.0 Å². The minimum atomic E-state index is -0.373. The molecule has 0 saturated heterocycles. The molecule has 1 aromatic carbocycles. The molecule has 0 saturated carbocycles. The van der Waals surface area contributed by atoms with Crippen molar-refractivity contribution in [2.45, 2.75) is 52.1 Å². The zero-order valence-electron chi connectivity index (χ0n) is 26.3. The summed E-state index contributed by atoms with van der Waals surface area (Å²) in [6.45, 7) is 5.46. The van der Waals surface area contributed by atoms with Crippen LogP contribution >= 0.6 is 0 Å². The lowest BCUT2D eigenvalue weighted by molar-refractivity contribution is 0.365. The van der Waals surface area contributed by atoms with Crippen molar-refractivity contribution >= 4 is 21.5 Å². The minimum Gasteiger partial charge on any atom is -0.494 e. The van der Waals surface area contributed by atoms with Crippen LogP contribution in [0.1, 0.15) is 38.2 Å². The maximum atomic E-state index is 14.1. The average molecular weight is 579 g/mol. The van der Waals surface area contributed by atoms with Crippen molar-refractivity contribution in [1.29, 1.82) is 0 Å². The van der Waals surface area contributed by atoms with Gasteiger partial charge in [-0.15, -0.1) is 0 Å². The molecule has 1 aliphatic heterocycles. The molecule has 0 bridgehead atoms. The predicted octanol–water partition coefficient (Wildman–Crippen LogP) is 2.07. The number of aromatic hydroxyl groups is 1. The third kappa shape index (κ3) is 6.21. The van der Waals surface area contributed by atoms with Gasteiger partial charge in [-0.1, -0.05) is 6.92 Å². The van der Waals surface area contributed by atoms with Crippen molar-refractivity contribution in [3.63, 3.8) is 0 Å². The molecule has 1 aliphatic carbocycles. The lowest BCUT2D eigenvalue weighted by Crippen LogP contribution is -2.38. The molecule has 1 aromatic heterocycles. The number of pyridine rings is 2. The zero-order valence-corrected chi connectivity index (χ0v) is 26.3. The Kier molecular flexibility index (Phi) is 10.0. The molecule has 2 aliphatic rings. The fourth-order valence-corrected chi connectivity index (χ4v) is 5.87. The topological polar surface area (TPSA) is 103 Å². The van der Waals surface area contributed by atoms with Crippen molar-refractivity contribution in [3.05, 3.63) is 54.1 Å². The number of hydrogen-bond donors (Lipinski definition) is 1. The lowest BCUT2D eigenvalue weighted by Gasteiger charge is -2.22. The second-order valence-corrected chi connectivity index (χ2v) is 12.2. The number of benzene rings is 2. The van der Waals surface area contributed by atoms with Crippen LogP contribution in [0.2, 0.25) is 0 Å². The molecule has 0 spiro atoms. The van der Waals surface area contributed by atoms with E-state index in [4.69, 9.17) is 4.99 Å². The third-order valence-corrected chi connectivity index (χ3v) is 7.89. The van der Waals surface area contributed by atoms with Gasteiger partial charge in [0.15, 0.2) is 0 Å². The Morgan fingerprint density at radius 2 is 1.31 bits per heavy atom. The van der Waals surface area contributed by atoms with E-state index in [0.29, 0.717) is 76.9 Å². The maximum Gasteiger partial charge on any atom is 0.263 e. The summed E-state index contributed by atoms with van der Waals surface area (Å²) >= 11 is 0. The molecule has 0 amide bonds. The van der Waals surface area contributed by atoms with Gasteiger partial charge in [-0.25, -0.2) is 0 Å². The molecule has 2 heterocycles. The van der Waals surface area contributed by atoms with Gasteiger partial charge in [-0.2, -0.15) is 0 Å². The highest BCUT2D eigenvalue weighted by molar-refractivity contribution is 6.16. The molecule has 4 rings (SSSR count). The lowest BCUT2D eigenvalue weighted by atomic mass is 9.87. The van der Waals surface area contributed by atoms with E-state index in [9.17, 15) is 19.5 Å². The third-order valence-electron chi connectivity index (χ3n) is 7.89. The van der Waals surface area contributed by atoms with Gasteiger partial charge in [-0.05, 0) is 112 Å². The van der Waals surface area contributed by atoms with Crippen molar-refractivity contribution < 1.29 is 5.11 Å². The molecule has 228 valence electrons. The number of aromatic nitrogens is 2. The van der Waals surface area contributed by atoms with Crippen LogP contribution in [-0.4, -0.2) is 97.4 Å². The van der Waals surface area contributed by atoms with Gasteiger partial charge in [-0.3, -0.25) is 28.5 Å². The predicted molar refractivity (Wildman–Crippen MR) is 171 cm³/mol. The monoisotopic (exact) mass is 578 g/mol. The summed E-state index contributed by atoms with van der Waals surface area (Å²) in [6, 6.07) is 3.58. The molecule has 10 nitrogen and oxygen atoms in total. The summed E-state index contributed by atoms with van der Waals surface area (Å²) < 4.78 is 2.78. The van der Waals surface area contributed by atoms with Crippen LogP contribution in [0.15, 0.2) is 31.5 Å². The van der Waals surface area contributed by atoms with Gasteiger partial charge in [0.25, 0.3) is 16.7 Å². The summed E-state index contributed by atoms with van der Waals surface area (Å²) in [5, 5.41) is 13.8. The van der Waals surface area contributed by atoms with Crippen molar-refractivity contribution in [1.82, 2.24) is 23.8 Å². The van der Waals surface area contributed by atoms with Crippen molar-refractivity contribution in [3.8, 4) is 17.0 Å². The summed E-state index contributed by atoms with van der Waals surface area (Å²) in [7, 11) is 11.9. The first-order chi connectivity index (χ1) is 20.0. The Labute approximate surface area is 247 Å². The van der Waals surface area contributed by atoms with Crippen LogP contribution in [0.4, 0.5) is 0 Å². The minimum absolute atomic E-state index is 0.126. The second-order valence-electron chi connectivity index (χ2n) is 12.2. The van der Waals surface area contributed by atoms with Gasteiger partial charge >= 0.3 is 0 Å². The quantitative estimate of drug-likeness (QED) is 0.229. The van der Waals surface area contributed by atoms with E-state index in [-0.39, 0.29) is 22.6 Å². The first-order valence-corrected chi connectivity index (χ1v) is 15.0. The summed E-state index contributed by atoms with van der Waals surface area (Å²) in [5.41, 5.74) is 0.587. The van der Waals surface area contributed by atoms with E-state index in [2.05, 4.69) is 4.90 Å². The summed E-state index contributed by atoms with van der Waals surface area (Å²) in [6.07, 6.45) is 3.49. The fraction of sp³-hybridized carbons (Fsp3) is 0.562. The normalized spacial score (nSPS) is 13.0. The van der Waals surface area contributed by atoms with Crippen LogP contribution in [-0.2, 0) is 19.5 Å². The first kappa shape index (κ1) is 31.6. The highest BCUT2D eigenvalue weighted by Crippen LogP contribution is 2.39. The van der Waals surface area contributed by atoms with Gasteiger partial charge in [0.1, 0.15) is 0 Å². The number of aryl methyl sites for hydroxylation is 1. The SMILES string of the molecule is CCCN=c1cc2c(=O)n(CCCN(C)C)c(=O)c3c(CCCN(C)C)cc4c(O)n(CCCN(C)C)c(=O)c1c4c3-2. The van der Waals surface area contributed by atoms with Gasteiger partial charge in [0.05, 0.1) is 21.7 Å². The van der Waals surface area contributed by atoms with Crippen molar-refractivity contribution in [2.75, 3.05) is 68.5 Å². The molecular formula is C32H46N6O4. The standard InChI is InChI=1S/C32H46N6O4/c1-8-13-33-24-20-23-26-25(31(41)37(30(23)40)17-10-15-35(4)5)21(12-9-14-34(2)3)19-22-27(26)28(24)32(42)38(29(22)39)18-11-16-36(6)7/h19-20,39H,8-18H2,1-7H3. The molecule has 1 N–H and O–H groups in total.